The number of carbonyl (C=O) groups excluding carboxylic acids is 1. The van der Waals surface area contributed by atoms with E-state index in [-0.39, 0.29) is 25.0 Å². The van der Waals surface area contributed by atoms with E-state index in [1.807, 2.05) is 32.9 Å². The molecule has 0 spiro atoms. The van der Waals surface area contributed by atoms with Crippen molar-refractivity contribution >= 4 is 6.09 Å². The summed E-state index contributed by atoms with van der Waals surface area (Å²) in [5.74, 6) is 0. The maximum absolute atomic E-state index is 12.0. The van der Waals surface area contributed by atoms with Gasteiger partial charge in [0.15, 0.2) is 0 Å². The van der Waals surface area contributed by atoms with Crippen LogP contribution in [0.15, 0.2) is 12.2 Å². The lowest BCUT2D eigenvalue weighted by Gasteiger charge is -2.40. The average Bonchev–Trinajstić information content (AvgIpc) is 2.26. The van der Waals surface area contributed by atoms with E-state index < -0.39 is 5.60 Å². The first kappa shape index (κ1) is 12.4. The number of ether oxygens (including phenoxy) is 3. The summed E-state index contributed by atoms with van der Waals surface area (Å²) < 4.78 is 16.0. The maximum atomic E-state index is 12.0. The number of amides is 1. The highest BCUT2D eigenvalue weighted by molar-refractivity contribution is 5.69. The molecule has 2 atom stereocenters. The van der Waals surface area contributed by atoms with E-state index in [2.05, 4.69) is 0 Å². The molecule has 96 valence electrons. The molecular weight excluding hydrogens is 222 g/mol. The van der Waals surface area contributed by atoms with Crippen LogP contribution in [0.1, 0.15) is 20.8 Å². The van der Waals surface area contributed by atoms with Gasteiger partial charge in [0.2, 0.25) is 0 Å². The lowest BCUT2D eigenvalue weighted by Crippen LogP contribution is -2.55. The molecule has 2 rings (SSSR count). The Morgan fingerprint density at radius 1 is 1.47 bits per heavy atom. The Hall–Kier alpha value is -1.07. The third-order valence-corrected chi connectivity index (χ3v) is 2.67. The van der Waals surface area contributed by atoms with Crippen molar-refractivity contribution < 1.29 is 19.0 Å². The maximum Gasteiger partial charge on any atom is 0.411 e. The van der Waals surface area contributed by atoms with Crippen LogP contribution in [-0.2, 0) is 14.2 Å². The normalized spacial score (nSPS) is 28.8. The quantitative estimate of drug-likeness (QED) is 0.603. The first-order chi connectivity index (χ1) is 7.97. The Bertz CT molecular complexity index is 321. The van der Waals surface area contributed by atoms with Crippen LogP contribution in [0.2, 0.25) is 0 Å². The molecule has 5 heteroatoms. The summed E-state index contributed by atoms with van der Waals surface area (Å²) in [6.07, 6.45) is 3.51. The van der Waals surface area contributed by atoms with E-state index in [1.165, 1.54) is 0 Å². The van der Waals surface area contributed by atoms with Gasteiger partial charge in [0.1, 0.15) is 18.5 Å². The predicted molar refractivity (Wildman–Crippen MR) is 61.6 cm³/mol. The molecule has 2 aliphatic heterocycles. The van der Waals surface area contributed by atoms with Gasteiger partial charge in [-0.3, -0.25) is 4.90 Å². The first-order valence-electron chi connectivity index (χ1n) is 5.83. The van der Waals surface area contributed by atoms with Crippen molar-refractivity contribution in [3.8, 4) is 0 Å². The molecule has 1 fully saturated rings. The average molecular weight is 241 g/mol. The van der Waals surface area contributed by atoms with Crippen molar-refractivity contribution in [2.24, 2.45) is 0 Å². The second kappa shape index (κ2) is 4.66. The largest absolute Gasteiger partial charge is 0.444 e. The van der Waals surface area contributed by atoms with Gasteiger partial charge in [0.25, 0.3) is 0 Å². The number of carbonyl (C=O) groups is 1. The van der Waals surface area contributed by atoms with E-state index in [4.69, 9.17) is 14.2 Å². The van der Waals surface area contributed by atoms with E-state index in [9.17, 15) is 4.79 Å². The van der Waals surface area contributed by atoms with Crippen LogP contribution in [0, 0.1) is 0 Å². The highest BCUT2D eigenvalue weighted by Gasteiger charge is 2.36. The van der Waals surface area contributed by atoms with Crippen LogP contribution < -0.4 is 0 Å². The standard InChI is InChI=1S/C12H19NO4/c1-12(2,3)17-11(14)13-6-4-5-10-9(13)7-15-8-16-10/h4-5,9-10H,6-8H2,1-3H3/t9-,10+/m1/s1. The van der Waals surface area contributed by atoms with Crippen LogP contribution in [-0.4, -0.2) is 48.7 Å². The highest BCUT2D eigenvalue weighted by Crippen LogP contribution is 2.21. The molecule has 0 aliphatic carbocycles. The molecule has 1 amide bonds. The van der Waals surface area contributed by atoms with E-state index in [0.29, 0.717) is 13.2 Å². The van der Waals surface area contributed by atoms with Gasteiger partial charge in [-0.2, -0.15) is 0 Å². The summed E-state index contributed by atoms with van der Waals surface area (Å²) >= 11 is 0. The predicted octanol–water partition coefficient (Wildman–Crippen LogP) is 1.53. The first-order valence-corrected chi connectivity index (χ1v) is 5.83. The fraction of sp³-hybridized carbons (Fsp3) is 0.750. The lowest BCUT2D eigenvalue weighted by molar-refractivity contribution is -0.161. The van der Waals surface area contributed by atoms with Crippen molar-refractivity contribution in [3.05, 3.63) is 12.2 Å². The molecule has 1 saturated heterocycles. The summed E-state index contributed by atoms with van der Waals surface area (Å²) in [5.41, 5.74) is -0.482. The van der Waals surface area contributed by atoms with Crippen molar-refractivity contribution in [1.82, 2.24) is 4.90 Å². The SMILES string of the molecule is CC(C)(C)OC(=O)N1CC=C[C@@H]2OCOC[C@H]21. The van der Waals surface area contributed by atoms with Crippen LogP contribution in [0.3, 0.4) is 0 Å². The van der Waals surface area contributed by atoms with Crippen LogP contribution >= 0.6 is 0 Å². The number of hydrogen-bond donors (Lipinski definition) is 0. The van der Waals surface area contributed by atoms with Crippen LogP contribution in [0.25, 0.3) is 0 Å². The van der Waals surface area contributed by atoms with Crippen molar-refractivity contribution in [3.63, 3.8) is 0 Å². The molecule has 0 aromatic heterocycles. The Labute approximate surface area is 101 Å². The summed E-state index contributed by atoms with van der Waals surface area (Å²) in [6, 6.07) is -0.0800. The van der Waals surface area contributed by atoms with Gasteiger partial charge in [0.05, 0.1) is 12.6 Å². The second-order valence-corrected chi connectivity index (χ2v) is 5.25. The molecule has 0 bridgehead atoms. The van der Waals surface area contributed by atoms with Crippen LogP contribution in [0.4, 0.5) is 4.79 Å². The van der Waals surface area contributed by atoms with Gasteiger partial charge >= 0.3 is 6.09 Å². The highest BCUT2D eigenvalue weighted by atomic mass is 16.7. The minimum Gasteiger partial charge on any atom is -0.444 e. The molecule has 0 aromatic carbocycles. The molecule has 2 aliphatic rings. The summed E-state index contributed by atoms with van der Waals surface area (Å²) in [5, 5.41) is 0. The summed E-state index contributed by atoms with van der Waals surface area (Å²) in [4.78, 5) is 13.7. The number of nitrogens with zero attached hydrogens (tertiary/aromatic N) is 1. The fourth-order valence-corrected chi connectivity index (χ4v) is 1.93. The van der Waals surface area contributed by atoms with Crippen LogP contribution in [0.5, 0.6) is 0 Å². The fourth-order valence-electron chi connectivity index (χ4n) is 1.93. The minimum atomic E-state index is -0.482. The lowest BCUT2D eigenvalue weighted by atomic mass is 10.1. The van der Waals surface area contributed by atoms with Gasteiger partial charge < -0.3 is 14.2 Å². The second-order valence-electron chi connectivity index (χ2n) is 5.25. The monoisotopic (exact) mass is 241 g/mol. The Morgan fingerprint density at radius 3 is 2.94 bits per heavy atom. The third-order valence-electron chi connectivity index (χ3n) is 2.67. The van der Waals surface area contributed by atoms with Gasteiger partial charge in [-0.05, 0) is 20.8 Å². The van der Waals surface area contributed by atoms with Gasteiger partial charge in [-0.15, -0.1) is 0 Å². The summed E-state index contributed by atoms with van der Waals surface area (Å²) in [7, 11) is 0. The molecular formula is C12H19NO4. The molecule has 0 N–H and O–H groups in total. The van der Waals surface area contributed by atoms with Gasteiger partial charge in [-0.25, -0.2) is 4.79 Å². The third kappa shape index (κ3) is 2.98. The Balaban J connectivity index is 2.05. The molecule has 5 nitrogen and oxygen atoms in total. The Morgan fingerprint density at radius 2 is 2.24 bits per heavy atom. The Kier molecular flexibility index (Phi) is 3.40. The van der Waals surface area contributed by atoms with E-state index >= 15 is 0 Å². The zero-order valence-corrected chi connectivity index (χ0v) is 10.5. The minimum absolute atomic E-state index is 0.0787. The smallest absolute Gasteiger partial charge is 0.411 e. The zero-order valence-electron chi connectivity index (χ0n) is 10.5. The molecule has 2 heterocycles. The van der Waals surface area contributed by atoms with Crippen molar-refractivity contribution in [2.45, 2.75) is 38.5 Å². The molecule has 0 aromatic rings. The topological polar surface area (TPSA) is 48.0 Å². The number of rotatable bonds is 0. The van der Waals surface area contributed by atoms with Crippen molar-refractivity contribution in [2.75, 3.05) is 19.9 Å². The van der Waals surface area contributed by atoms with E-state index in [0.717, 1.165) is 0 Å². The molecule has 17 heavy (non-hydrogen) atoms. The van der Waals surface area contributed by atoms with Crippen molar-refractivity contribution in [1.29, 1.82) is 0 Å². The molecule has 0 radical (unpaired) electrons. The molecule has 0 unspecified atom stereocenters. The molecule has 0 saturated carbocycles. The zero-order chi connectivity index (χ0) is 12.5. The van der Waals surface area contributed by atoms with Gasteiger partial charge in [0, 0.05) is 6.54 Å². The number of hydrogen-bond acceptors (Lipinski definition) is 4. The van der Waals surface area contributed by atoms with Gasteiger partial charge in [-0.1, -0.05) is 12.2 Å². The number of fused-ring (bicyclic) bond motifs is 1. The van der Waals surface area contributed by atoms with E-state index in [1.54, 1.807) is 4.90 Å². The summed E-state index contributed by atoms with van der Waals surface area (Å²) in [6.45, 7) is 6.90.